The highest BCUT2D eigenvalue weighted by Gasteiger charge is 1.95. The number of hydrogen-bond acceptors (Lipinski definition) is 3. The summed E-state index contributed by atoms with van der Waals surface area (Å²) in [5, 5.41) is 3.07. The molecule has 0 aliphatic carbocycles. The normalized spacial score (nSPS) is 9.86. The van der Waals surface area contributed by atoms with Gasteiger partial charge in [-0.1, -0.05) is 6.07 Å². The van der Waals surface area contributed by atoms with Crippen molar-refractivity contribution in [3.63, 3.8) is 0 Å². The van der Waals surface area contributed by atoms with E-state index in [-0.39, 0.29) is 0 Å². The molecule has 0 aliphatic rings. The second kappa shape index (κ2) is 6.27. The summed E-state index contributed by atoms with van der Waals surface area (Å²) in [6.45, 7) is 1.71. The number of rotatable bonds is 6. The first-order valence-electron chi connectivity index (χ1n) is 4.78. The molecule has 3 heteroatoms. The van der Waals surface area contributed by atoms with Gasteiger partial charge in [-0.15, -0.1) is 0 Å². The van der Waals surface area contributed by atoms with Crippen molar-refractivity contribution in [3.05, 3.63) is 24.3 Å². The van der Waals surface area contributed by atoms with Crippen molar-refractivity contribution in [2.45, 2.75) is 6.42 Å². The number of benzene rings is 1. The van der Waals surface area contributed by atoms with Crippen LogP contribution >= 0.6 is 0 Å². The summed E-state index contributed by atoms with van der Waals surface area (Å²) in [6.07, 6.45) is 1.01. The van der Waals surface area contributed by atoms with Gasteiger partial charge in [0.05, 0.1) is 13.7 Å². The zero-order chi connectivity index (χ0) is 10.2. The molecular formula is C11H17NO2. The van der Waals surface area contributed by atoms with Gasteiger partial charge in [0.25, 0.3) is 0 Å². The number of ether oxygens (including phenoxy) is 2. The lowest BCUT2D eigenvalue weighted by Crippen LogP contribution is -2.11. The molecule has 0 saturated carbocycles. The van der Waals surface area contributed by atoms with E-state index in [1.165, 1.54) is 0 Å². The van der Waals surface area contributed by atoms with Crippen LogP contribution in [0.2, 0.25) is 0 Å². The van der Waals surface area contributed by atoms with Gasteiger partial charge in [0, 0.05) is 6.07 Å². The topological polar surface area (TPSA) is 30.5 Å². The molecule has 0 spiro atoms. The monoisotopic (exact) mass is 195 g/mol. The van der Waals surface area contributed by atoms with Gasteiger partial charge < -0.3 is 14.8 Å². The van der Waals surface area contributed by atoms with E-state index in [4.69, 9.17) is 9.47 Å². The molecule has 1 aromatic carbocycles. The highest BCUT2D eigenvalue weighted by Crippen LogP contribution is 2.18. The minimum atomic E-state index is 0.730. The van der Waals surface area contributed by atoms with Crippen LogP contribution in [0.15, 0.2) is 24.3 Å². The van der Waals surface area contributed by atoms with E-state index < -0.39 is 0 Å². The van der Waals surface area contributed by atoms with Crippen molar-refractivity contribution in [1.29, 1.82) is 0 Å². The van der Waals surface area contributed by atoms with Crippen LogP contribution in [0, 0.1) is 0 Å². The van der Waals surface area contributed by atoms with Gasteiger partial charge in [-0.3, -0.25) is 0 Å². The van der Waals surface area contributed by atoms with Crippen LogP contribution in [0.4, 0.5) is 0 Å². The van der Waals surface area contributed by atoms with Crippen molar-refractivity contribution in [2.75, 3.05) is 27.3 Å². The fraction of sp³-hybridized carbons (Fsp3) is 0.455. The Hall–Kier alpha value is -1.22. The molecule has 14 heavy (non-hydrogen) atoms. The molecule has 1 rings (SSSR count). The molecule has 1 N–H and O–H groups in total. The van der Waals surface area contributed by atoms with Crippen molar-refractivity contribution in [1.82, 2.24) is 5.32 Å². The van der Waals surface area contributed by atoms with Crippen LogP contribution in [-0.2, 0) is 0 Å². The highest BCUT2D eigenvalue weighted by atomic mass is 16.5. The standard InChI is InChI=1S/C11H17NO2/c1-12-7-4-8-14-11-6-3-5-10(9-11)13-2/h3,5-6,9,12H,4,7-8H2,1-2H3. The van der Waals surface area contributed by atoms with Crippen LogP contribution in [-0.4, -0.2) is 27.3 Å². The summed E-state index contributed by atoms with van der Waals surface area (Å²) in [5.41, 5.74) is 0. The molecule has 0 fully saturated rings. The summed E-state index contributed by atoms with van der Waals surface area (Å²) in [7, 11) is 3.59. The minimum Gasteiger partial charge on any atom is -0.497 e. The molecule has 0 atom stereocenters. The van der Waals surface area contributed by atoms with Crippen molar-refractivity contribution in [3.8, 4) is 11.5 Å². The highest BCUT2D eigenvalue weighted by molar-refractivity contribution is 5.32. The summed E-state index contributed by atoms with van der Waals surface area (Å²) in [5.74, 6) is 1.69. The molecule has 0 radical (unpaired) electrons. The third-order valence-corrected chi connectivity index (χ3v) is 1.88. The van der Waals surface area contributed by atoms with Crippen LogP contribution in [0.3, 0.4) is 0 Å². The van der Waals surface area contributed by atoms with Gasteiger partial charge in [0.15, 0.2) is 0 Å². The largest absolute Gasteiger partial charge is 0.497 e. The number of nitrogens with one attached hydrogen (secondary N) is 1. The van der Waals surface area contributed by atoms with Gasteiger partial charge in [-0.2, -0.15) is 0 Å². The first-order valence-corrected chi connectivity index (χ1v) is 4.78. The second-order valence-corrected chi connectivity index (χ2v) is 2.98. The SMILES string of the molecule is CNCCCOc1cccc(OC)c1. The third-order valence-electron chi connectivity index (χ3n) is 1.88. The average Bonchev–Trinajstić information content (AvgIpc) is 2.25. The quantitative estimate of drug-likeness (QED) is 0.701. The van der Waals surface area contributed by atoms with Crippen LogP contribution in [0.25, 0.3) is 0 Å². The molecular weight excluding hydrogens is 178 g/mol. The van der Waals surface area contributed by atoms with Crippen molar-refractivity contribution in [2.24, 2.45) is 0 Å². The van der Waals surface area contributed by atoms with E-state index in [0.29, 0.717) is 0 Å². The molecule has 78 valence electrons. The molecule has 0 aliphatic heterocycles. The van der Waals surface area contributed by atoms with E-state index in [9.17, 15) is 0 Å². The first kappa shape index (κ1) is 10.9. The van der Waals surface area contributed by atoms with Crippen molar-refractivity contribution >= 4 is 0 Å². The fourth-order valence-electron chi connectivity index (χ4n) is 1.13. The Kier molecular flexibility index (Phi) is 4.86. The van der Waals surface area contributed by atoms with E-state index >= 15 is 0 Å². The lowest BCUT2D eigenvalue weighted by molar-refractivity contribution is 0.307. The molecule has 0 amide bonds. The predicted molar refractivity (Wildman–Crippen MR) is 57.0 cm³/mol. The third kappa shape index (κ3) is 3.66. The molecule has 0 bridgehead atoms. The van der Waals surface area contributed by atoms with E-state index in [0.717, 1.165) is 31.1 Å². The molecule has 0 heterocycles. The Labute approximate surface area is 85.0 Å². The maximum absolute atomic E-state index is 5.53. The maximum atomic E-state index is 5.53. The Bertz CT molecular complexity index is 263. The van der Waals surface area contributed by atoms with Crippen LogP contribution in [0.5, 0.6) is 11.5 Å². The van der Waals surface area contributed by atoms with Gasteiger partial charge in [-0.25, -0.2) is 0 Å². The smallest absolute Gasteiger partial charge is 0.122 e. The first-order chi connectivity index (χ1) is 6.86. The van der Waals surface area contributed by atoms with Crippen molar-refractivity contribution < 1.29 is 9.47 Å². The summed E-state index contributed by atoms with van der Waals surface area (Å²) < 4.78 is 10.6. The molecule has 3 nitrogen and oxygen atoms in total. The Morgan fingerprint density at radius 2 is 2.07 bits per heavy atom. The summed E-state index contributed by atoms with van der Waals surface area (Å²) in [4.78, 5) is 0. The van der Waals surface area contributed by atoms with Crippen LogP contribution < -0.4 is 14.8 Å². The zero-order valence-corrected chi connectivity index (χ0v) is 8.75. The van der Waals surface area contributed by atoms with Gasteiger partial charge in [0.1, 0.15) is 11.5 Å². The fourth-order valence-corrected chi connectivity index (χ4v) is 1.13. The molecule has 1 aromatic rings. The maximum Gasteiger partial charge on any atom is 0.122 e. The van der Waals surface area contributed by atoms with Gasteiger partial charge >= 0.3 is 0 Å². The Morgan fingerprint density at radius 3 is 2.79 bits per heavy atom. The predicted octanol–water partition coefficient (Wildman–Crippen LogP) is 1.68. The van der Waals surface area contributed by atoms with E-state index in [1.807, 2.05) is 31.3 Å². The molecule has 0 saturated heterocycles. The zero-order valence-electron chi connectivity index (χ0n) is 8.75. The number of hydrogen-bond donors (Lipinski definition) is 1. The van der Waals surface area contributed by atoms with E-state index in [2.05, 4.69) is 5.32 Å². The van der Waals surface area contributed by atoms with Crippen LogP contribution in [0.1, 0.15) is 6.42 Å². The average molecular weight is 195 g/mol. The summed E-state index contributed by atoms with van der Waals surface area (Å²) in [6, 6.07) is 7.65. The van der Waals surface area contributed by atoms with Gasteiger partial charge in [-0.05, 0) is 32.1 Å². The Morgan fingerprint density at radius 1 is 1.29 bits per heavy atom. The Balaban J connectivity index is 2.34. The lowest BCUT2D eigenvalue weighted by Gasteiger charge is -2.07. The van der Waals surface area contributed by atoms with Gasteiger partial charge in [0.2, 0.25) is 0 Å². The molecule has 0 aromatic heterocycles. The second-order valence-electron chi connectivity index (χ2n) is 2.98. The van der Waals surface area contributed by atoms with E-state index in [1.54, 1.807) is 7.11 Å². The lowest BCUT2D eigenvalue weighted by atomic mass is 10.3. The minimum absolute atomic E-state index is 0.730. The number of methoxy groups -OCH3 is 1. The molecule has 0 unspecified atom stereocenters. The summed E-state index contributed by atoms with van der Waals surface area (Å²) >= 11 is 0.